The number of thiazole rings is 1. The molecule has 1 aromatic heterocycles. The SMILES string of the molecule is Cc1ccc(NC(=O)c2sc(N)nc2C)cc1N(C)C. The van der Waals surface area contributed by atoms with Gasteiger partial charge in [-0.3, -0.25) is 4.79 Å². The smallest absolute Gasteiger partial charge is 0.267 e. The second-order valence-corrected chi connectivity index (χ2v) is 5.85. The van der Waals surface area contributed by atoms with Crippen LogP contribution in [0.25, 0.3) is 0 Å². The number of amides is 1. The fraction of sp³-hybridized carbons (Fsp3) is 0.286. The molecule has 0 saturated carbocycles. The van der Waals surface area contributed by atoms with Gasteiger partial charge < -0.3 is 16.0 Å². The monoisotopic (exact) mass is 290 g/mol. The van der Waals surface area contributed by atoms with Crippen LogP contribution in [0.1, 0.15) is 20.9 Å². The molecule has 0 aliphatic carbocycles. The Hall–Kier alpha value is -2.08. The number of nitrogens with two attached hydrogens (primary N) is 1. The van der Waals surface area contributed by atoms with E-state index in [9.17, 15) is 4.79 Å². The summed E-state index contributed by atoms with van der Waals surface area (Å²) in [5.41, 5.74) is 9.26. The quantitative estimate of drug-likeness (QED) is 0.911. The number of hydrogen-bond donors (Lipinski definition) is 2. The zero-order chi connectivity index (χ0) is 14.9. The minimum atomic E-state index is -0.176. The third kappa shape index (κ3) is 2.91. The van der Waals surface area contributed by atoms with Crippen LogP contribution in [0.3, 0.4) is 0 Å². The van der Waals surface area contributed by atoms with E-state index in [1.165, 1.54) is 11.3 Å². The molecule has 3 N–H and O–H groups in total. The predicted octanol–water partition coefficient (Wildman–Crippen LogP) is 2.66. The van der Waals surface area contributed by atoms with Gasteiger partial charge in [0.05, 0.1) is 5.69 Å². The summed E-state index contributed by atoms with van der Waals surface area (Å²) >= 11 is 1.20. The largest absolute Gasteiger partial charge is 0.377 e. The number of rotatable bonds is 3. The first-order valence-corrected chi connectivity index (χ1v) is 7.02. The van der Waals surface area contributed by atoms with E-state index < -0.39 is 0 Å². The van der Waals surface area contributed by atoms with Crippen molar-refractivity contribution in [2.75, 3.05) is 30.0 Å². The summed E-state index contributed by atoms with van der Waals surface area (Å²) in [4.78, 5) is 18.8. The molecule has 0 saturated heterocycles. The Morgan fingerprint density at radius 3 is 2.60 bits per heavy atom. The lowest BCUT2D eigenvalue weighted by atomic mass is 10.1. The third-order valence-electron chi connectivity index (χ3n) is 2.97. The van der Waals surface area contributed by atoms with Crippen molar-refractivity contribution in [1.82, 2.24) is 4.98 Å². The van der Waals surface area contributed by atoms with Crippen LogP contribution in [-0.2, 0) is 0 Å². The van der Waals surface area contributed by atoms with Crippen LogP contribution in [0.15, 0.2) is 18.2 Å². The standard InChI is InChI=1S/C14H18N4OS/c1-8-5-6-10(7-11(8)18(3)4)17-13(19)12-9(2)16-14(15)20-12/h5-7H,1-4H3,(H2,15,16)(H,17,19). The zero-order valence-corrected chi connectivity index (χ0v) is 12.8. The van der Waals surface area contributed by atoms with Crippen LogP contribution in [0.2, 0.25) is 0 Å². The highest BCUT2D eigenvalue weighted by atomic mass is 32.1. The number of carbonyl (C=O) groups is 1. The number of nitrogen functional groups attached to an aromatic ring is 1. The topological polar surface area (TPSA) is 71.2 Å². The van der Waals surface area contributed by atoms with E-state index in [1.54, 1.807) is 6.92 Å². The molecule has 5 nitrogen and oxygen atoms in total. The van der Waals surface area contributed by atoms with Gasteiger partial charge in [0.15, 0.2) is 5.13 Å². The van der Waals surface area contributed by atoms with Crippen molar-refractivity contribution in [2.24, 2.45) is 0 Å². The van der Waals surface area contributed by atoms with Gasteiger partial charge in [-0.1, -0.05) is 17.4 Å². The Morgan fingerprint density at radius 1 is 1.35 bits per heavy atom. The summed E-state index contributed by atoms with van der Waals surface area (Å²) in [5.74, 6) is -0.176. The number of aryl methyl sites for hydroxylation is 2. The lowest BCUT2D eigenvalue weighted by Gasteiger charge is -2.17. The van der Waals surface area contributed by atoms with Crippen molar-refractivity contribution in [3.63, 3.8) is 0 Å². The summed E-state index contributed by atoms with van der Waals surface area (Å²) in [5, 5.41) is 3.29. The Labute approximate surface area is 122 Å². The van der Waals surface area contributed by atoms with Crippen LogP contribution in [0, 0.1) is 13.8 Å². The molecule has 0 radical (unpaired) electrons. The fourth-order valence-corrected chi connectivity index (χ4v) is 2.71. The van der Waals surface area contributed by atoms with Gasteiger partial charge in [0.1, 0.15) is 4.88 Å². The third-order valence-corrected chi connectivity index (χ3v) is 3.95. The average Bonchev–Trinajstić information content (AvgIpc) is 2.70. The van der Waals surface area contributed by atoms with E-state index >= 15 is 0 Å². The molecule has 20 heavy (non-hydrogen) atoms. The molecule has 0 unspecified atom stereocenters. The second kappa shape index (κ2) is 5.50. The Kier molecular flexibility index (Phi) is 3.94. The Morgan fingerprint density at radius 2 is 2.05 bits per heavy atom. The number of carbonyl (C=O) groups excluding carboxylic acids is 1. The zero-order valence-electron chi connectivity index (χ0n) is 12.0. The minimum Gasteiger partial charge on any atom is -0.377 e. The maximum atomic E-state index is 12.2. The molecule has 2 aromatic rings. The molecule has 1 aromatic carbocycles. The summed E-state index contributed by atoms with van der Waals surface area (Å²) in [6.07, 6.45) is 0. The second-order valence-electron chi connectivity index (χ2n) is 4.82. The highest BCUT2D eigenvalue weighted by Gasteiger charge is 2.14. The van der Waals surface area contributed by atoms with Gasteiger partial charge >= 0.3 is 0 Å². The molecular weight excluding hydrogens is 272 g/mol. The molecule has 0 bridgehead atoms. The van der Waals surface area contributed by atoms with Gasteiger partial charge in [0.25, 0.3) is 5.91 Å². The molecule has 1 amide bonds. The number of nitrogens with zero attached hydrogens (tertiary/aromatic N) is 2. The van der Waals surface area contributed by atoms with E-state index in [-0.39, 0.29) is 5.91 Å². The number of benzene rings is 1. The molecule has 1 heterocycles. The van der Waals surface area contributed by atoms with Crippen molar-refractivity contribution in [3.05, 3.63) is 34.3 Å². The first-order chi connectivity index (χ1) is 9.38. The highest BCUT2D eigenvalue weighted by molar-refractivity contribution is 7.17. The summed E-state index contributed by atoms with van der Waals surface area (Å²) < 4.78 is 0. The maximum absolute atomic E-state index is 12.2. The molecule has 0 spiro atoms. The first kappa shape index (κ1) is 14.3. The molecule has 0 atom stereocenters. The van der Waals surface area contributed by atoms with E-state index in [1.807, 2.05) is 44.1 Å². The fourth-order valence-electron chi connectivity index (χ4n) is 1.98. The lowest BCUT2D eigenvalue weighted by molar-refractivity contribution is 0.103. The van der Waals surface area contributed by atoms with E-state index in [0.717, 1.165) is 16.9 Å². The van der Waals surface area contributed by atoms with Crippen LogP contribution in [-0.4, -0.2) is 25.0 Å². The Balaban J connectivity index is 2.24. The molecule has 2 rings (SSSR count). The minimum absolute atomic E-state index is 0.176. The summed E-state index contributed by atoms with van der Waals surface area (Å²) in [6, 6.07) is 5.83. The van der Waals surface area contributed by atoms with Gasteiger partial charge in [-0.05, 0) is 31.5 Å². The lowest BCUT2D eigenvalue weighted by Crippen LogP contribution is -2.14. The van der Waals surface area contributed by atoms with Gasteiger partial charge in [-0.15, -0.1) is 0 Å². The average molecular weight is 290 g/mol. The highest BCUT2D eigenvalue weighted by Crippen LogP contribution is 2.25. The number of anilines is 3. The van der Waals surface area contributed by atoms with E-state index in [0.29, 0.717) is 15.7 Å². The first-order valence-electron chi connectivity index (χ1n) is 6.20. The predicted molar refractivity (Wildman–Crippen MR) is 84.7 cm³/mol. The number of aromatic nitrogens is 1. The van der Waals surface area contributed by atoms with Gasteiger partial charge in [0, 0.05) is 25.5 Å². The molecule has 106 valence electrons. The number of nitrogens with one attached hydrogen (secondary N) is 1. The van der Waals surface area contributed by atoms with E-state index in [4.69, 9.17) is 5.73 Å². The van der Waals surface area contributed by atoms with E-state index in [2.05, 4.69) is 10.3 Å². The van der Waals surface area contributed by atoms with Crippen molar-refractivity contribution >= 4 is 33.8 Å². The normalized spacial score (nSPS) is 10.4. The molecule has 0 aliphatic rings. The molecular formula is C14H18N4OS. The van der Waals surface area contributed by atoms with Gasteiger partial charge in [-0.2, -0.15) is 0 Å². The molecule has 0 fully saturated rings. The van der Waals surface area contributed by atoms with Crippen LogP contribution in [0.4, 0.5) is 16.5 Å². The van der Waals surface area contributed by atoms with Crippen molar-refractivity contribution in [2.45, 2.75) is 13.8 Å². The molecule has 0 aliphatic heterocycles. The number of hydrogen-bond acceptors (Lipinski definition) is 5. The van der Waals surface area contributed by atoms with Crippen LogP contribution in [0.5, 0.6) is 0 Å². The van der Waals surface area contributed by atoms with Gasteiger partial charge in [0.2, 0.25) is 0 Å². The maximum Gasteiger partial charge on any atom is 0.267 e. The molecule has 6 heteroatoms. The van der Waals surface area contributed by atoms with Gasteiger partial charge in [-0.25, -0.2) is 4.98 Å². The van der Waals surface area contributed by atoms with Crippen LogP contribution < -0.4 is 16.0 Å². The summed E-state index contributed by atoms with van der Waals surface area (Å²) in [7, 11) is 3.95. The van der Waals surface area contributed by atoms with Crippen molar-refractivity contribution < 1.29 is 4.79 Å². The summed E-state index contributed by atoms with van der Waals surface area (Å²) in [6.45, 7) is 3.82. The van der Waals surface area contributed by atoms with Crippen molar-refractivity contribution in [1.29, 1.82) is 0 Å². The Bertz CT molecular complexity index is 649. The van der Waals surface area contributed by atoms with Crippen LogP contribution >= 0.6 is 11.3 Å². The van der Waals surface area contributed by atoms with Crippen molar-refractivity contribution in [3.8, 4) is 0 Å².